The number of phenols is 2. The van der Waals surface area contributed by atoms with E-state index in [1.807, 2.05) is 0 Å². The molecule has 0 radical (unpaired) electrons. The molecule has 0 fully saturated rings. The average molecular weight is 662 g/mol. The molecule has 0 aliphatic rings. The third kappa shape index (κ3) is 5.89. The largest absolute Gasteiger partial charge is 0.506 e. The summed E-state index contributed by atoms with van der Waals surface area (Å²) in [5.74, 6) is -1.54. The van der Waals surface area contributed by atoms with Crippen LogP contribution in [0.5, 0.6) is 11.5 Å². The average Bonchev–Trinajstić information content (AvgIpc) is 2.91. The third-order valence-electron chi connectivity index (χ3n) is 6.20. The summed E-state index contributed by atoms with van der Waals surface area (Å²) >= 11 is 5.81. The zero-order valence-electron chi connectivity index (χ0n) is 21.5. The second-order valence-corrected chi connectivity index (χ2v) is 12.2. The molecule has 5 rings (SSSR count). The molecule has 6 N–H and O–H groups in total. The molecule has 1 aromatic heterocycles. The van der Waals surface area contributed by atoms with Crippen LogP contribution >= 0.6 is 11.6 Å². The lowest BCUT2D eigenvalue weighted by Crippen LogP contribution is -2.04. The lowest BCUT2D eigenvalue weighted by Gasteiger charge is -2.11. The van der Waals surface area contributed by atoms with Gasteiger partial charge in [0, 0.05) is 40.8 Å². The number of hydrogen-bond acceptors (Lipinski definition) is 14. The number of nitrogens with zero attached hydrogens (tertiary/aromatic N) is 6. The normalized spacial score (nSPS) is 12.3. The molecule has 5 aromatic rings. The molecule has 0 saturated heterocycles. The van der Waals surface area contributed by atoms with Gasteiger partial charge in [-0.05, 0) is 34.7 Å². The van der Waals surface area contributed by atoms with Crippen molar-refractivity contribution in [2.24, 2.45) is 10.2 Å². The number of nitrogen functional groups attached to an aromatic ring is 1. The number of aromatic hydroxyl groups is 2. The first-order valence-electron chi connectivity index (χ1n) is 11.8. The second kappa shape index (κ2) is 10.9. The summed E-state index contributed by atoms with van der Waals surface area (Å²) in [6.45, 7) is 0. The molecule has 0 saturated carbocycles. The Labute approximate surface area is 251 Å². The second-order valence-electron chi connectivity index (χ2n) is 9.06. The van der Waals surface area contributed by atoms with Crippen LogP contribution in [0.4, 0.5) is 23.0 Å². The van der Waals surface area contributed by atoms with Crippen molar-refractivity contribution in [2.45, 2.75) is 16.2 Å². The Kier molecular flexibility index (Phi) is 7.51. The van der Waals surface area contributed by atoms with E-state index in [1.165, 1.54) is 12.1 Å². The van der Waals surface area contributed by atoms with Crippen molar-refractivity contribution >= 4 is 76.4 Å². The highest BCUT2D eigenvalue weighted by molar-refractivity contribution is 7.86. The van der Waals surface area contributed by atoms with Gasteiger partial charge in [-0.25, -0.2) is 4.98 Å². The van der Waals surface area contributed by atoms with Crippen LogP contribution in [0.1, 0.15) is 11.4 Å². The lowest BCUT2D eigenvalue weighted by molar-refractivity contribution is -0.384. The van der Waals surface area contributed by atoms with E-state index in [4.69, 9.17) is 17.3 Å². The summed E-state index contributed by atoms with van der Waals surface area (Å²) in [6, 6.07) is 8.78. The van der Waals surface area contributed by atoms with E-state index in [0.717, 1.165) is 24.3 Å². The summed E-state index contributed by atoms with van der Waals surface area (Å²) in [5.41, 5.74) is 4.30. The molecule has 0 atom stereocenters. The summed E-state index contributed by atoms with van der Waals surface area (Å²) in [4.78, 5) is 20.3. The van der Waals surface area contributed by atoms with Gasteiger partial charge >= 0.3 is 0 Å². The number of phenolic OH excluding ortho intramolecular Hbond substituents is 2. The SMILES string of the molecule is Nc1nc(Cl)nc(Cc2ccc3c(O)c(N=Nc4c(O)cc(S(=O)(=O)O)c5cc([N+](=O)[O-])ccc45)c(S(=O)(=O)O)cc3c2)n1. The zero-order valence-corrected chi connectivity index (χ0v) is 23.9. The van der Waals surface area contributed by atoms with E-state index in [1.54, 1.807) is 6.07 Å². The van der Waals surface area contributed by atoms with E-state index < -0.39 is 68.9 Å². The van der Waals surface area contributed by atoms with Crippen LogP contribution in [0.25, 0.3) is 21.5 Å². The minimum atomic E-state index is -5.06. The van der Waals surface area contributed by atoms with Crippen molar-refractivity contribution in [3.05, 3.63) is 75.3 Å². The Morgan fingerprint density at radius 1 is 0.841 bits per heavy atom. The number of nitro groups is 1. The minimum absolute atomic E-state index is 0.0646. The van der Waals surface area contributed by atoms with Crippen molar-refractivity contribution in [3.63, 3.8) is 0 Å². The minimum Gasteiger partial charge on any atom is -0.506 e. The molecule has 17 nitrogen and oxygen atoms in total. The van der Waals surface area contributed by atoms with Gasteiger partial charge in [0.1, 0.15) is 32.7 Å². The number of azo groups is 1. The highest BCUT2D eigenvalue weighted by Gasteiger charge is 2.25. The maximum atomic E-state index is 12.3. The summed E-state index contributed by atoms with van der Waals surface area (Å²) in [7, 11) is -10.1. The molecule has 0 bridgehead atoms. The maximum absolute atomic E-state index is 12.3. The number of fused-ring (bicyclic) bond motifs is 2. The van der Waals surface area contributed by atoms with E-state index in [9.17, 15) is 46.3 Å². The monoisotopic (exact) mass is 661 g/mol. The highest BCUT2D eigenvalue weighted by Crippen LogP contribution is 2.45. The van der Waals surface area contributed by atoms with E-state index in [2.05, 4.69) is 25.2 Å². The van der Waals surface area contributed by atoms with E-state index in [-0.39, 0.29) is 39.6 Å². The molecule has 44 heavy (non-hydrogen) atoms. The predicted octanol–water partition coefficient (Wildman–Crippen LogP) is 4.23. The predicted molar refractivity (Wildman–Crippen MR) is 154 cm³/mol. The van der Waals surface area contributed by atoms with Gasteiger partial charge in [0.05, 0.1) is 4.92 Å². The van der Waals surface area contributed by atoms with Crippen molar-refractivity contribution in [1.82, 2.24) is 15.0 Å². The van der Waals surface area contributed by atoms with Crippen LogP contribution < -0.4 is 5.73 Å². The quantitative estimate of drug-likeness (QED) is 0.0706. The molecule has 4 aromatic carbocycles. The number of hydrogen-bond donors (Lipinski definition) is 5. The fourth-order valence-corrected chi connectivity index (χ4v) is 5.91. The number of rotatable bonds is 7. The van der Waals surface area contributed by atoms with Gasteiger partial charge in [0.2, 0.25) is 11.2 Å². The van der Waals surface area contributed by atoms with E-state index >= 15 is 0 Å². The van der Waals surface area contributed by atoms with Gasteiger partial charge in [-0.1, -0.05) is 18.2 Å². The Morgan fingerprint density at radius 3 is 2.14 bits per heavy atom. The van der Waals surface area contributed by atoms with Crippen molar-refractivity contribution in [3.8, 4) is 11.5 Å². The summed E-state index contributed by atoms with van der Waals surface area (Å²) < 4.78 is 68.1. The molecule has 0 unspecified atom stereocenters. The maximum Gasteiger partial charge on any atom is 0.296 e. The highest BCUT2D eigenvalue weighted by atomic mass is 35.5. The zero-order chi connectivity index (χ0) is 32.1. The van der Waals surface area contributed by atoms with Crippen LogP contribution in [0.3, 0.4) is 0 Å². The van der Waals surface area contributed by atoms with Gasteiger partial charge in [0.25, 0.3) is 25.9 Å². The van der Waals surface area contributed by atoms with Gasteiger partial charge in [-0.15, -0.1) is 10.2 Å². The first kappa shape index (κ1) is 30.4. The number of nitro benzene ring substituents is 1. The smallest absolute Gasteiger partial charge is 0.296 e. The molecule has 1 heterocycles. The number of non-ortho nitro benzene ring substituents is 1. The van der Waals surface area contributed by atoms with Crippen molar-refractivity contribution in [2.75, 3.05) is 5.73 Å². The third-order valence-corrected chi connectivity index (χ3v) is 8.13. The number of benzene rings is 4. The Morgan fingerprint density at radius 2 is 1.50 bits per heavy atom. The fraction of sp³-hybridized carbons (Fsp3) is 0.0417. The first-order valence-corrected chi connectivity index (χ1v) is 15.0. The Hall–Kier alpha value is -5.08. The lowest BCUT2D eigenvalue weighted by atomic mass is 10.0. The molecule has 0 aliphatic carbocycles. The Bertz CT molecular complexity index is 2280. The van der Waals surface area contributed by atoms with Crippen molar-refractivity contribution in [1.29, 1.82) is 0 Å². The van der Waals surface area contributed by atoms with Crippen LogP contribution in [0, 0.1) is 10.1 Å². The molecule has 226 valence electrons. The molecule has 20 heteroatoms. The van der Waals surface area contributed by atoms with Crippen LogP contribution in [-0.2, 0) is 26.7 Å². The van der Waals surface area contributed by atoms with Gasteiger partial charge in [-0.2, -0.15) is 26.8 Å². The molecular weight excluding hydrogens is 646 g/mol. The number of nitrogens with two attached hydrogens (primary N) is 1. The molecule has 0 aliphatic heterocycles. The number of aromatic nitrogens is 3. The fourth-order valence-electron chi connectivity index (χ4n) is 4.36. The Balaban J connectivity index is 1.67. The van der Waals surface area contributed by atoms with Crippen LogP contribution in [-0.4, -0.2) is 56.0 Å². The number of halogens is 1. The molecular formula is C24H16ClN7O10S2. The van der Waals surface area contributed by atoms with E-state index in [0.29, 0.717) is 11.6 Å². The standard InChI is InChI=1S/C24H16ClN7O10S2/c25-23-27-19(28-24(26)29-23)6-10-1-3-13-11(5-10)7-18(44(40,41)42)21(22(13)34)31-30-20-14-4-2-12(32(35)36)8-15(14)17(9-16(20)33)43(37,38)39/h1-5,7-9,33-34H,6H2,(H,37,38,39)(H,40,41,42)(H2,26,27,28,29). The summed E-state index contributed by atoms with van der Waals surface area (Å²) in [5, 5.41) is 39.7. The van der Waals surface area contributed by atoms with Gasteiger partial charge < -0.3 is 15.9 Å². The summed E-state index contributed by atoms with van der Waals surface area (Å²) in [6.07, 6.45) is 0.0792. The number of anilines is 1. The van der Waals surface area contributed by atoms with Gasteiger partial charge in [-0.3, -0.25) is 19.2 Å². The van der Waals surface area contributed by atoms with Gasteiger partial charge in [0.15, 0.2) is 5.75 Å². The topological polar surface area (TPSA) is 282 Å². The van der Waals surface area contributed by atoms with Crippen LogP contribution in [0.2, 0.25) is 5.28 Å². The molecule has 0 spiro atoms. The van der Waals surface area contributed by atoms with Crippen molar-refractivity contribution < 1.29 is 41.1 Å². The van der Waals surface area contributed by atoms with Crippen LogP contribution in [0.15, 0.2) is 68.6 Å². The molecule has 0 amide bonds. The first-order chi connectivity index (χ1) is 20.5.